The quantitative estimate of drug-likeness (QED) is 0.754. The van der Waals surface area contributed by atoms with Crippen molar-refractivity contribution in [2.75, 3.05) is 6.54 Å². The summed E-state index contributed by atoms with van der Waals surface area (Å²) in [5, 5.41) is 0. The molecule has 2 rings (SSSR count). The topological polar surface area (TPSA) is 87.8 Å². The Morgan fingerprint density at radius 3 is 2.44 bits per heavy atom. The van der Waals surface area contributed by atoms with Crippen LogP contribution in [0.2, 0.25) is 0 Å². The minimum Gasteiger partial charge on any atom is -0.330 e. The predicted octanol–water partition coefficient (Wildman–Crippen LogP) is -1.05. The van der Waals surface area contributed by atoms with Crippen LogP contribution in [-0.4, -0.2) is 25.2 Å². The van der Waals surface area contributed by atoms with Gasteiger partial charge in [-0.3, -0.25) is 13.9 Å². The lowest BCUT2D eigenvalue weighted by Gasteiger charge is -2.05. The largest absolute Gasteiger partial charge is 0.332 e. The maximum absolute atomic E-state index is 12.2. The lowest BCUT2D eigenvalue weighted by atomic mass is 10.4. The highest BCUT2D eigenvalue weighted by atomic mass is 16.2. The second-order valence-corrected chi connectivity index (χ2v) is 4.19. The molecule has 0 aliphatic heterocycles. The van der Waals surface area contributed by atoms with Crippen LogP contribution in [-0.2, 0) is 27.1 Å². The van der Waals surface area contributed by atoms with Crippen molar-refractivity contribution in [3.8, 4) is 0 Å². The van der Waals surface area contributed by atoms with Crippen LogP contribution >= 0.6 is 0 Å². The van der Waals surface area contributed by atoms with Gasteiger partial charge in [0.25, 0.3) is 5.56 Å². The Kier molecular flexibility index (Phi) is 3.08. The smallest absolute Gasteiger partial charge is 0.330 e. The van der Waals surface area contributed by atoms with Crippen LogP contribution in [0.4, 0.5) is 0 Å². The summed E-state index contributed by atoms with van der Waals surface area (Å²) in [5.74, 6) is 0.744. The molecule has 0 bridgehead atoms. The monoisotopic (exact) mass is 251 g/mol. The molecule has 0 radical (unpaired) electrons. The number of imidazole rings is 1. The molecule has 2 N–H and O–H groups in total. The SMILES string of the molecule is CCn1c(CCN)nc2c1c(=O)n(C)c(=O)n2C. The highest BCUT2D eigenvalue weighted by Gasteiger charge is 2.17. The Morgan fingerprint density at radius 1 is 1.22 bits per heavy atom. The highest BCUT2D eigenvalue weighted by Crippen LogP contribution is 2.10. The first-order chi connectivity index (χ1) is 8.52. The zero-order chi connectivity index (χ0) is 13.4. The lowest BCUT2D eigenvalue weighted by molar-refractivity contribution is 0.689. The van der Waals surface area contributed by atoms with Crippen LogP contribution in [0.15, 0.2) is 9.59 Å². The number of aromatic nitrogens is 4. The molecule has 7 nitrogen and oxygen atoms in total. The third-order valence-corrected chi connectivity index (χ3v) is 3.11. The molecular formula is C11H17N5O2. The van der Waals surface area contributed by atoms with Crippen LogP contribution in [0, 0.1) is 0 Å². The van der Waals surface area contributed by atoms with Gasteiger partial charge in [0.1, 0.15) is 5.82 Å². The third kappa shape index (κ3) is 1.59. The van der Waals surface area contributed by atoms with Gasteiger partial charge in [-0.2, -0.15) is 0 Å². The van der Waals surface area contributed by atoms with E-state index in [1.54, 1.807) is 7.05 Å². The highest BCUT2D eigenvalue weighted by molar-refractivity contribution is 5.71. The maximum atomic E-state index is 12.2. The van der Waals surface area contributed by atoms with Crippen molar-refractivity contribution >= 4 is 11.2 Å². The number of fused-ring (bicyclic) bond motifs is 1. The fraction of sp³-hybridized carbons (Fsp3) is 0.545. The van der Waals surface area contributed by atoms with Crippen molar-refractivity contribution in [3.63, 3.8) is 0 Å². The summed E-state index contributed by atoms with van der Waals surface area (Å²) in [4.78, 5) is 28.3. The minimum absolute atomic E-state index is 0.314. The second-order valence-electron chi connectivity index (χ2n) is 4.19. The van der Waals surface area contributed by atoms with Gasteiger partial charge >= 0.3 is 5.69 Å². The van der Waals surface area contributed by atoms with E-state index >= 15 is 0 Å². The molecule has 0 amide bonds. The fourth-order valence-corrected chi connectivity index (χ4v) is 2.15. The molecule has 0 fully saturated rings. The Hall–Kier alpha value is -1.89. The van der Waals surface area contributed by atoms with E-state index in [4.69, 9.17) is 5.73 Å². The molecule has 0 spiro atoms. The van der Waals surface area contributed by atoms with Gasteiger partial charge in [-0.25, -0.2) is 9.78 Å². The average molecular weight is 251 g/mol. The minimum atomic E-state index is -0.368. The van der Waals surface area contributed by atoms with E-state index < -0.39 is 0 Å². The van der Waals surface area contributed by atoms with E-state index in [2.05, 4.69) is 4.98 Å². The predicted molar refractivity (Wildman–Crippen MR) is 68.6 cm³/mol. The van der Waals surface area contributed by atoms with Crippen LogP contribution in [0.3, 0.4) is 0 Å². The van der Waals surface area contributed by atoms with Gasteiger partial charge in [0.15, 0.2) is 11.2 Å². The van der Waals surface area contributed by atoms with E-state index in [1.165, 1.54) is 11.6 Å². The molecule has 0 aliphatic rings. The van der Waals surface area contributed by atoms with Crippen LogP contribution in [0.5, 0.6) is 0 Å². The van der Waals surface area contributed by atoms with Gasteiger partial charge in [-0.15, -0.1) is 0 Å². The maximum Gasteiger partial charge on any atom is 0.332 e. The fourth-order valence-electron chi connectivity index (χ4n) is 2.15. The summed E-state index contributed by atoms with van der Waals surface area (Å²) in [5.41, 5.74) is 5.74. The van der Waals surface area contributed by atoms with E-state index in [9.17, 15) is 9.59 Å². The van der Waals surface area contributed by atoms with Crippen molar-refractivity contribution in [1.29, 1.82) is 0 Å². The van der Waals surface area contributed by atoms with Crippen molar-refractivity contribution in [2.45, 2.75) is 19.9 Å². The molecule has 2 aromatic heterocycles. The van der Waals surface area contributed by atoms with Gasteiger partial charge in [0.05, 0.1) is 0 Å². The zero-order valence-electron chi connectivity index (χ0n) is 10.8. The average Bonchev–Trinajstić information content (AvgIpc) is 2.73. The molecule has 2 heterocycles. The van der Waals surface area contributed by atoms with Crippen molar-refractivity contribution in [2.24, 2.45) is 19.8 Å². The van der Waals surface area contributed by atoms with Gasteiger partial charge in [-0.05, 0) is 13.5 Å². The first kappa shape index (κ1) is 12.6. The molecule has 0 saturated heterocycles. The molecule has 2 aromatic rings. The number of rotatable bonds is 3. The first-order valence-electron chi connectivity index (χ1n) is 5.88. The lowest BCUT2D eigenvalue weighted by Crippen LogP contribution is -2.37. The second kappa shape index (κ2) is 4.41. The van der Waals surface area contributed by atoms with Crippen molar-refractivity contribution in [3.05, 3.63) is 26.7 Å². The summed E-state index contributed by atoms with van der Waals surface area (Å²) in [6.45, 7) is 3.02. The van der Waals surface area contributed by atoms with E-state index in [0.29, 0.717) is 30.7 Å². The first-order valence-corrected chi connectivity index (χ1v) is 5.88. The molecular weight excluding hydrogens is 234 g/mol. The number of hydrogen-bond acceptors (Lipinski definition) is 4. The molecule has 0 unspecified atom stereocenters. The van der Waals surface area contributed by atoms with E-state index in [-0.39, 0.29) is 11.2 Å². The molecule has 0 aromatic carbocycles. The Bertz CT molecular complexity index is 707. The van der Waals surface area contributed by atoms with Crippen LogP contribution < -0.4 is 17.0 Å². The molecule has 98 valence electrons. The Morgan fingerprint density at radius 2 is 1.89 bits per heavy atom. The van der Waals surface area contributed by atoms with E-state index in [0.717, 1.165) is 10.4 Å². The summed E-state index contributed by atoms with van der Waals surface area (Å²) >= 11 is 0. The van der Waals surface area contributed by atoms with Gasteiger partial charge in [0.2, 0.25) is 0 Å². The molecule has 18 heavy (non-hydrogen) atoms. The summed E-state index contributed by atoms with van der Waals surface area (Å²) < 4.78 is 4.31. The Labute approximate surface area is 103 Å². The number of hydrogen-bond donors (Lipinski definition) is 1. The third-order valence-electron chi connectivity index (χ3n) is 3.11. The molecule has 7 heteroatoms. The number of nitrogens with two attached hydrogens (primary N) is 1. The standard InChI is InChI=1S/C11H17N5O2/c1-4-16-7(5-6-12)13-9-8(16)10(17)15(3)11(18)14(9)2/h4-6,12H2,1-3H3. The zero-order valence-corrected chi connectivity index (χ0v) is 10.8. The normalized spacial score (nSPS) is 11.3. The molecule has 0 atom stereocenters. The summed E-state index contributed by atoms with van der Waals surface area (Å²) in [6, 6.07) is 0. The van der Waals surface area contributed by atoms with Gasteiger partial charge in [0, 0.05) is 27.1 Å². The van der Waals surface area contributed by atoms with Gasteiger partial charge < -0.3 is 10.3 Å². The van der Waals surface area contributed by atoms with Crippen LogP contribution in [0.25, 0.3) is 11.2 Å². The van der Waals surface area contributed by atoms with E-state index in [1.807, 2.05) is 11.5 Å². The number of nitrogens with zero attached hydrogens (tertiary/aromatic N) is 4. The molecule has 0 saturated carbocycles. The number of aryl methyl sites for hydroxylation is 2. The van der Waals surface area contributed by atoms with Gasteiger partial charge in [-0.1, -0.05) is 0 Å². The Balaban J connectivity index is 2.98. The molecule has 0 aliphatic carbocycles. The van der Waals surface area contributed by atoms with Crippen LogP contribution in [0.1, 0.15) is 12.7 Å². The van der Waals surface area contributed by atoms with Crippen molar-refractivity contribution < 1.29 is 0 Å². The summed E-state index contributed by atoms with van der Waals surface area (Å²) in [7, 11) is 3.09. The summed E-state index contributed by atoms with van der Waals surface area (Å²) in [6.07, 6.45) is 0.583. The van der Waals surface area contributed by atoms with Crippen molar-refractivity contribution in [1.82, 2.24) is 18.7 Å².